The van der Waals surface area contributed by atoms with Crippen LogP contribution >= 0.6 is 0 Å². The van der Waals surface area contributed by atoms with E-state index in [1.165, 1.54) is 71.3 Å². The molecule has 0 saturated heterocycles. The van der Waals surface area contributed by atoms with Crippen LogP contribution in [0.2, 0.25) is 18.1 Å². The molecule has 0 fully saturated rings. The van der Waals surface area contributed by atoms with Crippen molar-refractivity contribution in [2.45, 2.75) is 38.9 Å². The van der Waals surface area contributed by atoms with E-state index in [0.29, 0.717) is 17.2 Å². The first kappa shape index (κ1) is 71.6. The molecule has 0 heterocycles. The van der Waals surface area contributed by atoms with E-state index < -0.39 is 20.3 Å². The maximum Gasteiger partial charge on any atom is 0.335 e. The molecule has 0 radical (unpaired) electrons. The molecule has 7 heteroatoms. The Morgan fingerprint density at radius 1 is 0.301 bits per heavy atom. The Kier molecular flexibility index (Phi) is 23.9. The van der Waals surface area contributed by atoms with E-state index in [-0.39, 0.29) is 5.04 Å². The molecule has 14 rings (SSSR count). The number of phenolic OH excluding ortho intramolecular Hbond substituents is 1. The van der Waals surface area contributed by atoms with E-state index in [2.05, 4.69) is 290 Å². The van der Waals surface area contributed by atoms with Crippen LogP contribution < -0.4 is 13.9 Å². The predicted molar refractivity (Wildman–Crippen MR) is 439 cm³/mol. The molecule has 506 valence electrons. The van der Waals surface area contributed by atoms with Crippen LogP contribution in [0.1, 0.15) is 65.3 Å². The first-order valence-corrected chi connectivity index (χ1v) is 37.2. The second kappa shape index (κ2) is 34.4. The van der Waals surface area contributed by atoms with Crippen LogP contribution in [-0.4, -0.2) is 25.4 Å². The first-order valence-electron chi connectivity index (χ1n) is 34.3. The largest absolute Gasteiger partial charge is 0.543 e. The zero-order valence-corrected chi connectivity index (χ0v) is 59.7. The average Bonchev–Trinajstić information content (AvgIpc) is 0.817. The number of hydrogen-bond acceptors (Lipinski definition) is 6. The number of carbonyl (C=O) groups excluding carboxylic acids is 2. The van der Waals surface area contributed by atoms with Gasteiger partial charge in [0.2, 0.25) is 8.32 Å². The number of ether oxygens (including phenoxy) is 2. The fourth-order valence-electron chi connectivity index (χ4n) is 11.0. The van der Waals surface area contributed by atoms with Gasteiger partial charge in [-0.3, -0.25) is 0 Å². The van der Waals surface area contributed by atoms with Crippen LogP contribution in [0, 0.1) is 0 Å². The number of rotatable bonds is 16. The summed E-state index contributed by atoms with van der Waals surface area (Å²) in [6.45, 7) is 18.2. The molecule has 0 saturated carbocycles. The van der Waals surface area contributed by atoms with Crippen LogP contribution in [0.4, 0.5) is 0 Å². The molecule has 14 aromatic carbocycles. The van der Waals surface area contributed by atoms with Crippen LogP contribution in [0.3, 0.4) is 0 Å². The van der Waals surface area contributed by atoms with Gasteiger partial charge in [-0.15, -0.1) is 0 Å². The molecular formula is C96H82O6Si. The van der Waals surface area contributed by atoms with Gasteiger partial charge in [0.15, 0.2) is 0 Å². The lowest BCUT2D eigenvalue weighted by molar-refractivity contribution is -0.129. The van der Waals surface area contributed by atoms with Gasteiger partial charge in [0.25, 0.3) is 0 Å². The standard InChI is InChI=1S/C28H30OSi.C25H18O2.C23H18O2.C20H16O/c1-28(2,3)30(4,5)29-27-17-16-25-19-22(13-15-26(25)20-27)11-10-21-12-14-23-8-6-7-9-24(23)18-21;1-2-25(26)27-24-14-13-22-16-19(10-12-23(22)17-24)8-7-18-9-11-20-5-3-4-6-21(20)15-18;1-2-23(24)25-22-16-12-19(13-17-22)9-8-18-10-14-21(15-11-18)20-6-4-3-5-7-20;21-20-14-10-17(11-15-20)7-6-16-8-12-19(13-9-16)18-4-2-1-3-5-18/h6-20H,1-5H3;2-17H,1H2;2-17H,1H2;1-15,21H/b11-10-;8-7-;9-8-;7-6-. The molecule has 0 bridgehead atoms. The van der Waals surface area contributed by atoms with Gasteiger partial charge in [-0.05, 0) is 201 Å². The van der Waals surface area contributed by atoms with Crippen molar-refractivity contribution in [2.75, 3.05) is 0 Å². The summed E-state index contributed by atoms with van der Waals surface area (Å²) in [4.78, 5) is 22.5. The van der Waals surface area contributed by atoms with Gasteiger partial charge in [0.1, 0.15) is 23.0 Å². The maximum absolute atomic E-state index is 11.3. The second-order valence-corrected chi connectivity index (χ2v) is 31.1. The minimum atomic E-state index is -1.83. The molecule has 0 amide bonds. The highest BCUT2D eigenvalue weighted by molar-refractivity contribution is 6.74. The van der Waals surface area contributed by atoms with Gasteiger partial charge < -0.3 is 19.0 Å². The first-order chi connectivity index (χ1) is 50.0. The summed E-state index contributed by atoms with van der Waals surface area (Å²) in [5.74, 6) is 1.39. The zero-order chi connectivity index (χ0) is 72.0. The summed E-state index contributed by atoms with van der Waals surface area (Å²) in [5, 5.41) is 19.0. The number of benzene rings is 14. The lowest BCUT2D eigenvalue weighted by Crippen LogP contribution is -2.43. The van der Waals surface area contributed by atoms with E-state index >= 15 is 0 Å². The van der Waals surface area contributed by atoms with Gasteiger partial charge >= 0.3 is 11.9 Å². The molecule has 0 aliphatic rings. The van der Waals surface area contributed by atoms with E-state index in [4.69, 9.17) is 13.9 Å². The Morgan fingerprint density at radius 2 is 0.563 bits per heavy atom. The Bertz CT molecular complexity index is 5350. The van der Waals surface area contributed by atoms with E-state index in [1.807, 2.05) is 91.0 Å². The van der Waals surface area contributed by atoms with Crippen molar-refractivity contribution in [3.8, 4) is 45.3 Å². The molecule has 0 aliphatic carbocycles. The van der Waals surface area contributed by atoms with Crippen molar-refractivity contribution >= 4 is 112 Å². The second-order valence-electron chi connectivity index (χ2n) is 26.3. The molecule has 0 atom stereocenters. The van der Waals surface area contributed by atoms with E-state index in [1.54, 1.807) is 30.3 Å². The van der Waals surface area contributed by atoms with E-state index in [0.717, 1.165) is 56.5 Å². The summed E-state index contributed by atoms with van der Waals surface area (Å²) in [6.07, 6.45) is 19.1. The molecule has 0 aliphatic heterocycles. The number of carbonyl (C=O) groups is 2. The molecule has 6 nitrogen and oxygen atoms in total. The monoisotopic (exact) mass is 1360 g/mol. The van der Waals surface area contributed by atoms with Gasteiger partial charge in [0.05, 0.1) is 0 Å². The summed E-state index contributed by atoms with van der Waals surface area (Å²) in [7, 11) is -1.83. The number of fused-ring (bicyclic) bond motifs is 4. The minimum Gasteiger partial charge on any atom is -0.543 e. The number of esters is 2. The minimum absolute atomic E-state index is 0.194. The zero-order valence-electron chi connectivity index (χ0n) is 58.7. The summed E-state index contributed by atoms with van der Waals surface area (Å²) in [5.41, 5.74) is 13.9. The van der Waals surface area contributed by atoms with Gasteiger partial charge in [-0.25, -0.2) is 9.59 Å². The van der Waals surface area contributed by atoms with Crippen molar-refractivity contribution in [3.05, 3.63) is 385 Å². The Morgan fingerprint density at radius 3 is 0.951 bits per heavy atom. The summed E-state index contributed by atoms with van der Waals surface area (Å²) >= 11 is 0. The molecule has 103 heavy (non-hydrogen) atoms. The van der Waals surface area contributed by atoms with Gasteiger partial charge in [0, 0.05) is 12.2 Å². The topological polar surface area (TPSA) is 82.1 Å². The Hall–Kier alpha value is -12.7. The fraction of sp³-hybridized carbons (Fsp3) is 0.0625. The quantitative estimate of drug-likeness (QED) is 0.0341. The summed E-state index contributed by atoms with van der Waals surface area (Å²) < 4.78 is 16.7. The molecular weight excluding hydrogens is 1280 g/mol. The van der Waals surface area contributed by atoms with Crippen LogP contribution in [0.15, 0.2) is 341 Å². The number of hydrogen-bond donors (Lipinski definition) is 1. The lowest BCUT2D eigenvalue weighted by atomic mass is 10.0. The third-order valence-corrected chi connectivity index (χ3v) is 22.2. The third-order valence-electron chi connectivity index (χ3n) is 17.8. The fourth-order valence-corrected chi connectivity index (χ4v) is 12.1. The number of aromatic hydroxyl groups is 1. The van der Waals surface area contributed by atoms with Crippen LogP contribution in [0.5, 0.6) is 23.0 Å². The van der Waals surface area contributed by atoms with Crippen molar-refractivity contribution < 1.29 is 28.6 Å². The average molecular weight is 1360 g/mol. The molecule has 0 unspecified atom stereocenters. The SMILES string of the molecule is C=CC(=O)Oc1ccc(/C=C\c2ccc(-c3ccccc3)cc2)cc1.C=CC(=O)Oc1ccc2cc(/C=C\c3ccc4ccccc4c3)ccc2c1.CC(C)(C)[Si](C)(C)Oc1ccc2cc(/C=C\c3ccc4ccccc4c3)ccc2c1.Oc1ccc(/C=C\c2ccc(-c3ccccc3)cc2)cc1. The van der Waals surface area contributed by atoms with Gasteiger partial charge in [-0.1, -0.05) is 325 Å². The smallest absolute Gasteiger partial charge is 0.335 e. The normalized spacial score (nSPS) is 11.4. The highest BCUT2D eigenvalue weighted by atomic mass is 28.4. The predicted octanol–water partition coefficient (Wildman–Crippen LogP) is 25.6. The highest BCUT2D eigenvalue weighted by Gasteiger charge is 2.39. The third kappa shape index (κ3) is 20.7. The molecule has 1 N–H and O–H groups in total. The van der Waals surface area contributed by atoms with E-state index in [9.17, 15) is 14.7 Å². The maximum atomic E-state index is 11.3. The Labute approximate surface area is 606 Å². The molecule has 0 spiro atoms. The van der Waals surface area contributed by atoms with Crippen LogP contribution in [0.25, 0.3) is 114 Å². The molecule has 14 aromatic rings. The summed E-state index contributed by atoms with van der Waals surface area (Å²) in [6, 6.07) is 107. The molecule has 0 aromatic heterocycles. The lowest BCUT2D eigenvalue weighted by Gasteiger charge is -2.36. The van der Waals surface area contributed by atoms with Crippen molar-refractivity contribution in [2.24, 2.45) is 0 Å². The highest BCUT2D eigenvalue weighted by Crippen LogP contribution is 2.38. The Balaban J connectivity index is 0.000000139. The van der Waals surface area contributed by atoms with Crippen molar-refractivity contribution in [1.82, 2.24) is 0 Å². The van der Waals surface area contributed by atoms with Crippen LogP contribution in [-0.2, 0) is 9.59 Å². The van der Waals surface area contributed by atoms with Crippen molar-refractivity contribution in [1.29, 1.82) is 0 Å². The van der Waals surface area contributed by atoms with Gasteiger partial charge in [-0.2, -0.15) is 0 Å². The van der Waals surface area contributed by atoms with Crippen molar-refractivity contribution in [3.63, 3.8) is 0 Å². The number of phenols is 1.